The molecule has 3 aromatic carbocycles. The van der Waals surface area contributed by atoms with Crippen LogP contribution in [-0.2, 0) is 19.1 Å². The molecule has 3 aromatic rings. The normalized spacial score (nSPS) is 11.2. The van der Waals surface area contributed by atoms with Crippen molar-refractivity contribution in [2.24, 2.45) is 0 Å². The van der Waals surface area contributed by atoms with Crippen LogP contribution in [0.5, 0.6) is 0 Å². The number of hydrogen-bond donors (Lipinski definition) is 1. The number of Topliss-reactive ketones (excluding diaryl/α,β-unsaturated/α-hetero) is 2. The molecule has 196 valence electrons. The lowest BCUT2D eigenvalue weighted by molar-refractivity contribution is -0.147. The number of esters is 2. The summed E-state index contributed by atoms with van der Waals surface area (Å²) in [6.45, 7) is 2.97. The van der Waals surface area contributed by atoms with Gasteiger partial charge in [-0.3, -0.25) is 19.2 Å². The third-order valence-corrected chi connectivity index (χ3v) is 5.69. The Hall–Kier alpha value is -4.30. The Labute approximate surface area is 224 Å². The number of nitrogens with one attached hydrogen (secondary N) is 1. The van der Waals surface area contributed by atoms with E-state index in [4.69, 9.17) is 21.1 Å². The number of rotatable bonds is 11. The minimum Gasteiger partial charge on any atom is -0.454 e. The smallest absolute Gasteiger partial charge is 0.338 e. The number of amides is 1. The van der Waals surface area contributed by atoms with Crippen LogP contribution in [0.2, 0.25) is 5.02 Å². The number of halogens is 1. The van der Waals surface area contributed by atoms with Crippen molar-refractivity contribution >= 4 is 46.7 Å². The van der Waals surface area contributed by atoms with E-state index >= 15 is 0 Å². The highest BCUT2D eigenvalue weighted by atomic mass is 35.5. The van der Waals surface area contributed by atoms with Crippen molar-refractivity contribution in [1.29, 1.82) is 0 Å². The second kappa shape index (κ2) is 13.3. The summed E-state index contributed by atoms with van der Waals surface area (Å²) in [4.78, 5) is 61.1. The van der Waals surface area contributed by atoms with Gasteiger partial charge in [0.2, 0.25) is 11.7 Å². The minimum atomic E-state index is -1.02. The first-order valence-electron chi connectivity index (χ1n) is 11.8. The topological polar surface area (TPSA) is 116 Å². The van der Waals surface area contributed by atoms with Gasteiger partial charge in [-0.05, 0) is 50.2 Å². The van der Waals surface area contributed by atoms with Crippen LogP contribution in [0, 0.1) is 6.92 Å². The summed E-state index contributed by atoms with van der Waals surface area (Å²) < 4.78 is 10.2. The molecule has 0 saturated heterocycles. The van der Waals surface area contributed by atoms with Gasteiger partial charge < -0.3 is 14.8 Å². The summed E-state index contributed by atoms with van der Waals surface area (Å²) in [5, 5.41) is 3.01. The van der Waals surface area contributed by atoms with Crippen LogP contribution in [0.4, 0.5) is 5.69 Å². The molecule has 1 amide bonds. The fourth-order valence-corrected chi connectivity index (χ4v) is 3.54. The van der Waals surface area contributed by atoms with Gasteiger partial charge in [0, 0.05) is 28.3 Å². The number of anilines is 1. The van der Waals surface area contributed by atoms with E-state index in [1.54, 1.807) is 42.5 Å². The molecule has 0 heterocycles. The van der Waals surface area contributed by atoms with Crippen molar-refractivity contribution in [2.45, 2.75) is 32.8 Å². The fraction of sp³-hybridized carbons (Fsp3) is 0.207. The van der Waals surface area contributed by atoms with Crippen molar-refractivity contribution in [3.63, 3.8) is 0 Å². The molecule has 38 heavy (non-hydrogen) atoms. The lowest BCUT2D eigenvalue weighted by Crippen LogP contribution is -2.25. The molecule has 0 aliphatic heterocycles. The SMILES string of the molecule is Cc1ccc(C(=O)COC(=O)c2ccc(NC(=O)CCC(=O)O[C@@H](C)C(=O)c3cccc(Cl)c3)cc2)cc1. The first-order valence-corrected chi connectivity index (χ1v) is 12.2. The quantitative estimate of drug-likeness (QED) is 0.264. The van der Waals surface area contributed by atoms with Gasteiger partial charge in [0.05, 0.1) is 12.0 Å². The number of benzene rings is 3. The average Bonchev–Trinajstić information content (AvgIpc) is 2.90. The van der Waals surface area contributed by atoms with Crippen LogP contribution in [0.15, 0.2) is 72.8 Å². The predicted molar refractivity (Wildman–Crippen MR) is 141 cm³/mol. The van der Waals surface area contributed by atoms with Crippen molar-refractivity contribution in [2.75, 3.05) is 11.9 Å². The van der Waals surface area contributed by atoms with Crippen molar-refractivity contribution in [3.05, 3.63) is 100 Å². The predicted octanol–water partition coefficient (Wildman–Crippen LogP) is 5.22. The van der Waals surface area contributed by atoms with Crippen molar-refractivity contribution < 1.29 is 33.4 Å². The molecule has 8 nitrogen and oxygen atoms in total. The Morgan fingerprint density at radius 2 is 1.50 bits per heavy atom. The molecule has 0 bridgehead atoms. The van der Waals surface area contributed by atoms with Crippen molar-refractivity contribution in [1.82, 2.24) is 0 Å². The van der Waals surface area contributed by atoms with Crippen LogP contribution in [-0.4, -0.2) is 42.1 Å². The van der Waals surface area contributed by atoms with Gasteiger partial charge in [-0.25, -0.2) is 4.79 Å². The summed E-state index contributed by atoms with van der Waals surface area (Å²) >= 11 is 5.89. The Kier molecular flexibility index (Phi) is 9.90. The summed E-state index contributed by atoms with van der Waals surface area (Å²) in [5.74, 6) is -2.53. The highest BCUT2D eigenvalue weighted by Crippen LogP contribution is 2.15. The van der Waals surface area contributed by atoms with E-state index in [2.05, 4.69) is 5.32 Å². The summed E-state index contributed by atoms with van der Waals surface area (Å²) in [6.07, 6.45) is -1.41. The molecule has 0 fully saturated rings. The van der Waals surface area contributed by atoms with Crippen molar-refractivity contribution in [3.8, 4) is 0 Å². The maximum Gasteiger partial charge on any atom is 0.338 e. The number of ketones is 2. The molecular weight excluding hydrogens is 510 g/mol. The lowest BCUT2D eigenvalue weighted by Gasteiger charge is -2.12. The van der Waals surface area contributed by atoms with Gasteiger partial charge in [-0.1, -0.05) is 53.6 Å². The molecule has 0 unspecified atom stereocenters. The summed E-state index contributed by atoms with van der Waals surface area (Å²) in [6, 6.07) is 19.1. The average molecular weight is 536 g/mol. The third kappa shape index (κ3) is 8.38. The second-order valence-electron chi connectivity index (χ2n) is 8.50. The second-order valence-corrected chi connectivity index (χ2v) is 8.93. The number of hydrogen-bond acceptors (Lipinski definition) is 7. The summed E-state index contributed by atoms with van der Waals surface area (Å²) in [5.41, 5.74) is 2.40. The Bertz CT molecular complexity index is 1330. The van der Waals surface area contributed by atoms with Gasteiger partial charge in [-0.2, -0.15) is 0 Å². The molecule has 0 spiro atoms. The van der Waals surface area contributed by atoms with E-state index < -0.39 is 29.7 Å². The van der Waals surface area contributed by atoms with E-state index in [0.29, 0.717) is 21.8 Å². The minimum absolute atomic E-state index is 0.165. The molecule has 0 aliphatic rings. The Morgan fingerprint density at radius 3 is 2.16 bits per heavy atom. The van der Waals surface area contributed by atoms with Gasteiger partial charge >= 0.3 is 11.9 Å². The van der Waals surface area contributed by atoms with Gasteiger partial charge in [-0.15, -0.1) is 0 Å². The van der Waals surface area contributed by atoms with Crippen LogP contribution in [0.3, 0.4) is 0 Å². The molecule has 9 heteroatoms. The zero-order valence-corrected chi connectivity index (χ0v) is 21.6. The number of carbonyl (C=O) groups excluding carboxylic acids is 5. The molecule has 3 rings (SSSR count). The third-order valence-electron chi connectivity index (χ3n) is 5.46. The summed E-state index contributed by atoms with van der Waals surface area (Å²) in [7, 11) is 0. The van der Waals surface area contributed by atoms with Crippen LogP contribution in [0.1, 0.15) is 56.4 Å². The number of carbonyl (C=O) groups is 5. The van der Waals surface area contributed by atoms with E-state index in [1.165, 1.54) is 37.3 Å². The van der Waals surface area contributed by atoms with E-state index in [1.807, 2.05) is 6.92 Å². The first-order chi connectivity index (χ1) is 18.1. The fourth-order valence-electron chi connectivity index (χ4n) is 3.35. The largest absolute Gasteiger partial charge is 0.454 e. The molecule has 0 saturated carbocycles. The van der Waals surface area contributed by atoms with Crippen LogP contribution >= 0.6 is 11.6 Å². The standard InChI is InChI=1S/C29H26ClNO7/c1-18-6-8-20(9-7-18)25(32)17-37-29(36)21-10-12-24(13-11-21)31-26(33)14-15-27(34)38-19(2)28(35)22-4-3-5-23(30)16-22/h3-13,16,19H,14-15,17H2,1-2H3,(H,31,33)/t19-/m0/s1. The number of aryl methyl sites for hydroxylation is 1. The van der Waals surface area contributed by atoms with Gasteiger partial charge in [0.1, 0.15) is 0 Å². The molecule has 0 aliphatic carbocycles. The number of ether oxygens (including phenoxy) is 2. The molecule has 0 radical (unpaired) electrons. The van der Waals surface area contributed by atoms with Gasteiger partial charge in [0.15, 0.2) is 18.5 Å². The maximum atomic E-state index is 12.4. The monoisotopic (exact) mass is 535 g/mol. The highest BCUT2D eigenvalue weighted by molar-refractivity contribution is 6.31. The maximum absolute atomic E-state index is 12.4. The first kappa shape index (κ1) is 28.3. The Morgan fingerprint density at radius 1 is 0.842 bits per heavy atom. The Balaban J connectivity index is 1.41. The van der Waals surface area contributed by atoms with E-state index in [9.17, 15) is 24.0 Å². The molecule has 1 atom stereocenters. The zero-order chi connectivity index (χ0) is 27.7. The van der Waals surface area contributed by atoms with E-state index in [0.717, 1.165) is 5.56 Å². The molecule has 0 aromatic heterocycles. The zero-order valence-electron chi connectivity index (χ0n) is 20.9. The molecule has 1 N–H and O–H groups in total. The van der Waals surface area contributed by atoms with E-state index in [-0.39, 0.29) is 30.8 Å². The highest BCUT2D eigenvalue weighted by Gasteiger charge is 2.20. The lowest BCUT2D eigenvalue weighted by atomic mass is 10.1. The molecular formula is C29H26ClNO7. The van der Waals surface area contributed by atoms with Crippen LogP contribution in [0.25, 0.3) is 0 Å². The van der Waals surface area contributed by atoms with Gasteiger partial charge in [0.25, 0.3) is 0 Å². The van der Waals surface area contributed by atoms with Crippen LogP contribution < -0.4 is 5.32 Å².